The van der Waals surface area contributed by atoms with Crippen LogP contribution >= 0.6 is 0 Å². The zero-order valence-corrected chi connectivity index (χ0v) is 16.2. The van der Waals surface area contributed by atoms with E-state index in [9.17, 15) is 38.4 Å². The molecular formula is C12H14NNaO11S. The van der Waals surface area contributed by atoms with Gasteiger partial charge in [0.05, 0.1) is 11.5 Å². The Morgan fingerprint density at radius 1 is 1.12 bits per heavy atom. The number of rotatable bonds is 6. The molecule has 14 heteroatoms. The van der Waals surface area contributed by atoms with E-state index >= 15 is 0 Å². The molecule has 1 saturated heterocycles. The average Bonchev–Trinajstić information content (AvgIpc) is 2.54. The van der Waals surface area contributed by atoms with Crippen LogP contribution in [0.4, 0.5) is 5.69 Å². The summed E-state index contributed by atoms with van der Waals surface area (Å²) in [7, 11) is -5.06. The van der Waals surface area contributed by atoms with Gasteiger partial charge in [0, 0.05) is 12.1 Å². The van der Waals surface area contributed by atoms with Crippen molar-refractivity contribution in [3.63, 3.8) is 0 Å². The first-order valence-electron chi connectivity index (χ1n) is 6.79. The summed E-state index contributed by atoms with van der Waals surface area (Å²) in [4.78, 5) is 9.95. The van der Waals surface area contributed by atoms with Crippen LogP contribution in [0.25, 0.3) is 0 Å². The molecule has 3 N–H and O–H groups in total. The van der Waals surface area contributed by atoms with Crippen LogP contribution in [0.5, 0.6) is 5.75 Å². The zero-order valence-electron chi connectivity index (χ0n) is 13.4. The predicted molar refractivity (Wildman–Crippen MR) is 76.1 cm³/mol. The van der Waals surface area contributed by atoms with Crippen molar-refractivity contribution < 1.29 is 76.4 Å². The predicted octanol–water partition coefficient (Wildman–Crippen LogP) is -4.74. The third kappa shape index (κ3) is 6.09. The molecule has 1 aromatic carbocycles. The van der Waals surface area contributed by atoms with Crippen LogP contribution in [0.3, 0.4) is 0 Å². The molecule has 1 fully saturated rings. The fraction of sp³-hybridized carbons (Fsp3) is 0.500. The van der Waals surface area contributed by atoms with Crippen LogP contribution in [-0.2, 0) is 19.3 Å². The van der Waals surface area contributed by atoms with E-state index in [0.29, 0.717) is 0 Å². The molecule has 0 aliphatic carbocycles. The summed E-state index contributed by atoms with van der Waals surface area (Å²) < 4.78 is 45.7. The molecule has 0 aromatic heterocycles. The Balaban J connectivity index is 0.00000338. The van der Waals surface area contributed by atoms with Gasteiger partial charge in [0.25, 0.3) is 5.69 Å². The molecule has 0 unspecified atom stereocenters. The second-order valence-corrected chi connectivity index (χ2v) is 6.13. The Hall–Kier alpha value is -0.870. The number of nitro benzene ring substituents is 1. The zero-order chi connectivity index (χ0) is 18.8. The first-order chi connectivity index (χ1) is 11.6. The normalized spacial score (nSPS) is 28.8. The molecule has 1 aliphatic heterocycles. The Labute approximate surface area is 169 Å². The third-order valence-corrected chi connectivity index (χ3v) is 3.77. The van der Waals surface area contributed by atoms with Gasteiger partial charge < -0.3 is 29.3 Å². The van der Waals surface area contributed by atoms with Gasteiger partial charge in [-0.05, 0) is 12.1 Å². The molecule has 1 aliphatic rings. The number of nitro groups is 1. The standard InChI is InChI=1S/C12H15NO11S.Na/c14-9-8(5-22-25(19,20)21)24-12(11(16)10(9)15)23-7-3-1-6(2-4-7)13(17)18;/h1-4,8-12,14-16H,5H2,(H,19,20,21);/q;+1/p-1/t8-,9+,10+,11-,12-;/m1./s1. The first-order valence-corrected chi connectivity index (χ1v) is 8.13. The van der Waals surface area contributed by atoms with Crippen LogP contribution in [0, 0.1) is 10.1 Å². The van der Waals surface area contributed by atoms with E-state index in [4.69, 9.17) is 9.47 Å². The number of benzene rings is 1. The van der Waals surface area contributed by atoms with E-state index < -0.39 is 52.6 Å². The van der Waals surface area contributed by atoms with Gasteiger partial charge in [-0.3, -0.25) is 14.3 Å². The second-order valence-electron chi connectivity index (χ2n) is 5.08. The molecule has 12 nitrogen and oxygen atoms in total. The molecule has 0 spiro atoms. The number of ether oxygens (including phenoxy) is 2. The average molecular weight is 403 g/mol. The number of nitrogens with zero attached hydrogens (tertiary/aromatic N) is 1. The molecule has 26 heavy (non-hydrogen) atoms. The largest absolute Gasteiger partial charge is 1.00 e. The van der Waals surface area contributed by atoms with Crippen LogP contribution in [0.2, 0.25) is 0 Å². The summed E-state index contributed by atoms with van der Waals surface area (Å²) in [6, 6.07) is 4.67. The SMILES string of the molecule is O=[N+]([O-])c1ccc(O[C@@H]2O[C@H](COS(=O)(=O)[O-])[C@H](O)[C@H](O)[C@H]2O)cc1.[Na+]. The summed E-state index contributed by atoms with van der Waals surface area (Å²) in [6.07, 6.45) is -8.27. The van der Waals surface area contributed by atoms with Gasteiger partial charge in [0.2, 0.25) is 16.7 Å². The molecule has 2 rings (SSSR count). The summed E-state index contributed by atoms with van der Waals surface area (Å²) in [5.74, 6) is 0.0364. The Morgan fingerprint density at radius 2 is 1.69 bits per heavy atom. The van der Waals surface area contributed by atoms with E-state index in [1.165, 1.54) is 12.1 Å². The maximum atomic E-state index is 10.6. The minimum absolute atomic E-state index is 0. The third-order valence-electron chi connectivity index (χ3n) is 3.34. The van der Waals surface area contributed by atoms with Gasteiger partial charge >= 0.3 is 29.6 Å². The van der Waals surface area contributed by atoms with E-state index in [-0.39, 0.29) is 41.0 Å². The van der Waals surface area contributed by atoms with Crippen molar-refractivity contribution in [2.24, 2.45) is 0 Å². The van der Waals surface area contributed by atoms with Gasteiger partial charge in [-0.15, -0.1) is 0 Å². The van der Waals surface area contributed by atoms with Crippen molar-refractivity contribution in [2.45, 2.75) is 30.7 Å². The number of hydrogen-bond donors (Lipinski definition) is 3. The van der Waals surface area contributed by atoms with E-state index in [0.717, 1.165) is 12.1 Å². The van der Waals surface area contributed by atoms with Crippen LogP contribution < -0.4 is 34.3 Å². The van der Waals surface area contributed by atoms with Crippen LogP contribution in [-0.4, -0.2) is 70.5 Å². The quantitative estimate of drug-likeness (QED) is 0.136. The molecule has 0 saturated carbocycles. The van der Waals surface area contributed by atoms with Crippen molar-refractivity contribution in [2.75, 3.05) is 6.61 Å². The molecule has 0 amide bonds. The summed E-state index contributed by atoms with van der Waals surface area (Å²) >= 11 is 0. The molecule has 0 radical (unpaired) electrons. The monoisotopic (exact) mass is 403 g/mol. The minimum Gasteiger partial charge on any atom is -0.726 e. The number of aliphatic hydroxyl groups excluding tert-OH is 3. The molecule has 1 aromatic rings. The van der Waals surface area contributed by atoms with Gasteiger partial charge in [0.15, 0.2) is 0 Å². The maximum absolute atomic E-state index is 10.6. The fourth-order valence-electron chi connectivity index (χ4n) is 2.08. The minimum atomic E-state index is -5.06. The molecule has 1 heterocycles. The fourth-order valence-corrected chi connectivity index (χ4v) is 2.38. The maximum Gasteiger partial charge on any atom is 1.00 e. The van der Waals surface area contributed by atoms with E-state index in [1.54, 1.807) is 0 Å². The first kappa shape index (κ1) is 23.2. The van der Waals surface area contributed by atoms with Crippen molar-refractivity contribution in [3.8, 4) is 5.75 Å². The van der Waals surface area contributed by atoms with E-state index in [2.05, 4.69) is 4.18 Å². The number of aliphatic hydroxyl groups is 3. The van der Waals surface area contributed by atoms with Crippen molar-refractivity contribution >= 4 is 16.1 Å². The van der Waals surface area contributed by atoms with Crippen molar-refractivity contribution in [1.29, 1.82) is 0 Å². The van der Waals surface area contributed by atoms with E-state index in [1.807, 2.05) is 0 Å². The number of non-ortho nitro benzene ring substituents is 1. The van der Waals surface area contributed by atoms with Gasteiger partial charge in [0.1, 0.15) is 30.2 Å². The Bertz CT molecular complexity index is 712. The van der Waals surface area contributed by atoms with Crippen molar-refractivity contribution in [3.05, 3.63) is 34.4 Å². The summed E-state index contributed by atoms with van der Waals surface area (Å²) in [5, 5.41) is 40.0. The summed E-state index contributed by atoms with van der Waals surface area (Å²) in [5.41, 5.74) is -0.208. The Morgan fingerprint density at radius 3 is 2.19 bits per heavy atom. The molecule has 0 bridgehead atoms. The summed E-state index contributed by atoms with van der Waals surface area (Å²) in [6.45, 7) is -0.906. The number of hydrogen-bond acceptors (Lipinski definition) is 11. The Kier molecular flexibility index (Phi) is 8.34. The topological polar surface area (TPSA) is 189 Å². The molecule has 5 atom stereocenters. The molecular weight excluding hydrogens is 389 g/mol. The molecule has 140 valence electrons. The van der Waals surface area contributed by atoms with Crippen LogP contribution in [0.1, 0.15) is 0 Å². The van der Waals surface area contributed by atoms with Gasteiger partial charge in [-0.25, -0.2) is 8.42 Å². The van der Waals surface area contributed by atoms with Crippen molar-refractivity contribution in [1.82, 2.24) is 0 Å². The van der Waals surface area contributed by atoms with Gasteiger partial charge in [-0.1, -0.05) is 0 Å². The van der Waals surface area contributed by atoms with Gasteiger partial charge in [-0.2, -0.15) is 0 Å². The van der Waals surface area contributed by atoms with Crippen LogP contribution in [0.15, 0.2) is 24.3 Å². The second kappa shape index (κ2) is 9.36. The smallest absolute Gasteiger partial charge is 0.726 e.